The maximum atomic E-state index is 14.7. The summed E-state index contributed by atoms with van der Waals surface area (Å²) in [5.41, 5.74) is 6.15. The molecule has 9 nitrogen and oxygen atoms in total. The van der Waals surface area contributed by atoms with Crippen LogP contribution in [0.15, 0.2) is 42.5 Å². The van der Waals surface area contributed by atoms with Gasteiger partial charge in [-0.25, -0.2) is 4.79 Å². The predicted octanol–water partition coefficient (Wildman–Crippen LogP) is 3.91. The molecule has 0 saturated carbocycles. The number of aromatic nitrogens is 1. The number of rotatable bonds is 5. The fourth-order valence-electron chi connectivity index (χ4n) is 6.74. The second kappa shape index (κ2) is 10.9. The van der Waals surface area contributed by atoms with Gasteiger partial charge in [0.25, 0.3) is 5.91 Å². The van der Waals surface area contributed by atoms with E-state index in [9.17, 15) is 9.59 Å². The molecule has 3 aromatic rings. The van der Waals surface area contributed by atoms with E-state index in [1.54, 1.807) is 0 Å². The minimum atomic E-state index is -0.353. The van der Waals surface area contributed by atoms with Crippen LogP contribution < -0.4 is 9.47 Å². The zero-order valence-corrected chi connectivity index (χ0v) is 23.4. The first-order chi connectivity index (χ1) is 20.1. The zero-order chi connectivity index (χ0) is 27.9. The SMILES string of the molecule is COC(=O)c1cc(-c2cc3c(cc2C(=O)N2Cc4ccccc4C[C@H]2CN2CCOCC2)OCO3)n2c1CCCC2. The Balaban J connectivity index is 1.32. The van der Waals surface area contributed by atoms with Crippen molar-refractivity contribution in [3.05, 3.63) is 70.4 Å². The maximum Gasteiger partial charge on any atom is 0.339 e. The number of ether oxygens (including phenoxy) is 4. The normalized spacial score (nSPS) is 19.9. The van der Waals surface area contributed by atoms with Crippen molar-refractivity contribution in [3.8, 4) is 22.8 Å². The summed E-state index contributed by atoms with van der Waals surface area (Å²) in [4.78, 5) is 31.9. The van der Waals surface area contributed by atoms with Crippen molar-refractivity contribution in [1.82, 2.24) is 14.4 Å². The molecule has 0 bridgehead atoms. The molecule has 1 amide bonds. The fourth-order valence-corrected chi connectivity index (χ4v) is 6.74. The molecule has 214 valence electrons. The molecule has 1 atom stereocenters. The van der Waals surface area contributed by atoms with Gasteiger partial charge in [0.1, 0.15) is 0 Å². The summed E-state index contributed by atoms with van der Waals surface area (Å²) in [5.74, 6) is 0.778. The van der Waals surface area contributed by atoms with Crippen LogP contribution in [0.2, 0.25) is 0 Å². The largest absolute Gasteiger partial charge is 0.465 e. The standard InChI is InChI=1S/C32H35N3O6/c1-38-32(37)26-15-28(34-9-5-4-8-27(26)34)24-16-29-30(41-20-40-29)17-25(24)31(36)35-18-22-7-3-2-6-21(22)14-23(35)19-33-10-12-39-13-11-33/h2-3,6-7,15-17,23H,4-5,8-14,18-20H2,1H3/t23-/m0/s1. The Hall–Kier alpha value is -3.82. The fraction of sp³-hybridized carbons (Fsp3) is 0.438. The Morgan fingerprint density at radius 3 is 2.54 bits per heavy atom. The van der Waals surface area contributed by atoms with Crippen LogP contribution in [-0.4, -0.2) is 79.0 Å². The summed E-state index contributed by atoms with van der Waals surface area (Å²) in [6, 6.07) is 14.0. The number of carbonyl (C=O) groups excluding carboxylic acids is 2. The van der Waals surface area contributed by atoms with Crippen LogP contribution in [0.3, 0.4) is 0 Å². The number of esters is 1. The average Bonchev–Trinajstić information content (AvgIpc) is 3.64. The van der Waals surface area contributed by atoms with E-state index in [1.165, 1.54) is 18.2 Å². The molecule has 0 radical (unpaired) electrons. The monoisotopic (exact) mass is 557 g/mol. The van der Waals surface area contributed by atoms with E-state index >= 15 is 0 Å². The third kappa shape index (κ3) is 4.77. The number of amides is 1. The van der Waals surface area contributed by atoms with Crippen LogP contribution >= 0.6 is 0 Å². The first kappa shape index (κ1) is 26.1. The zero-order valence-electron chi connectivity index (χ0n) is 23.4. The van der Waals surface area contributed by atoms with E-state index in [2.05, 4.69) is 27.7 Å². The smallest absolute Gasteiger partial charge is 0.339 e. The summed E-state index contributed by atoms with van der Waals surface area (Å²) in [5, 5.41) is 0. The van der Waals surface area contributed by atoms with Crippen LogP contribution in [-0.2, 0) is 35.4 Å². The molecule has 5 heterocycles. The highest BCUT2D eigenvalue weighted by molar-refractivity contribution is 6.03. The Bertz CT molecular complexity index is 1490. The number of fused-ring (bicyclic) bond motifs is 3. The third-order valence-electron chi connectivity index (χ3n) is 8.87. The van der Waals surface area contributed by atoms with Crippen molar-refractivity contribution in [3.63, 3.8) is 0 Å². The van der Waals surface area contributed by atoms with Crippen LogP contribution in [0.25, 0.3) is 11.3 Å². The van der Waals surface area contributed by atoms with Crippen molar-refractivity contribution in [1.29, 1.82) is 0 Å². The van der Waals surface area contributed by atoms with Crippen LogP contribution in [0.1, 0.15) is 50.4 Å². The number of benzene rings is 2. The molecule has 1 fully saturated rings. The van der Waals surface area contributed by atoms with E-state index in [-0.39, 0.29) is 24.7 Å². The molecule has 0 unspecified atom stereocenters. The minimum absolute atomic E-state index is 0.0145. The number of methoxy groups -OCH3 is 1. The van der Waals surface area contributed by atoms with Gasteiger partial charge in [-0.3, -0.25) is 9.69 Å². The van der Waals surface area contributed by atoms with E-state index in [0.717, 1.165) is 68.8 Å². The van der Waals surface area contributed by atoms with Gasteiger partial charge >= 0.3 is 5.97 Å². The lowest BCUT2D eigenvalue weighted by Crippen LogP contribution is -2.52. The Kier molecular flexibility index (Phi) is 6.92. The van der Waals surface area contributed by atoms with E-state index in [0.29, 0.717) is 42.4 Å². The second-order valence-corrected chi connectivity index (χ2v) is 11.2. The molecule has 7 rings (SSSR count). The van der Waals surface area contributed by atoms with Crippen LogP contribution in [0.4, 0.5) is 0 Å². The highest BCUT2D eigenvalue weighted by atomic mass is 16.7. The van der Waals surface area contributed by atoms with Crippen molar-refractivity contribution in [2.45, 2.75) is 44.8 Å². The van der Waals surface area contributed by atoms with E-state index in [1.807, 2.05) is 29.2 Å². The third-order valence-corrected chi connectivity index (χ3v) is 8.87. The van der Waals surface area contributed by atoms with E-state index in [4.69, 9.17) is 18.9 Å². The Labute approximate surface area is 239 Å². The van der Waals surface area contributed by atoms with Crippen LogP contribution in [0.5, 0.6) is 11.5 Å². The van der Waals surface area contributed by atoms with Gasteiger partial charge in [-0.05, 0) is 55.0 Å². The first-order valence-electron chi connectivity index (χ1n) is 14.5. The van der Waals surface area contributed by atoms with Gasteiger partial charge in [0.15, 0.2) is 11.5 Å². The predicted molar refractivity (Wildman–Crippen MR) is 151 cm³/mol. The highest BCUT2D eigenvalue weighted by Crippen LogP contribution is 2.42. The molecular weight excluding hydrogens is 522 g/mol. The highest BCUT2D eigenvalue weighted by Gasteiger charge is 2.35. The van der Waals surface area contributed by atoms with Gasteiger partial charge in [-0.1, -0.05) is 24.3 Å². The Morgan fingerprint density at radius 2 is 1.73 bits per heavy atom. The van der Waals surface area contributed by atoms with Gasteiger partial charge in [-0.2, -0.15) is 0 Å². The van der Waals surface area contributed by atoms with Gasteiger partial charge in [0, 0.05) is 50.0 Å². The molecular formula is C32H35N3O6. The molecule has 4 aliphatic heterocycles. The van der Waals surface area contributed by atoms with Crippen molar-refractivity contribution >= 4 is 11.9 Å². The molecule has 0 N–H and O–H groups in total. The summed E-state index contributed by atoms with van der Waals surface area (Å²) >= 11 is 0. The maximum absolute atomic E-state index is 14.7. The number of hydrogen-bond acceptors (Lipinski definition) is 7. The van der Waals surface area contributed by atoms with Gasteiger partial charge in [0.05, 0.1) is 37.1 Å². The van der Waals surface area contributed by atoms with Crippen molar-refractivity contribution in [2.75, 3.05) is 46.8 Å². The molecule has 1 saturated heterocycles. The Morgan fingerprint density at radius 1 is 0.951 bits per heavy atom. The first-order valence-corrected chi connectivity index (χ1v) is 14.5. The molecule has 2 aromatic carbocycles. The molecule has 9 heteroatoms. The van der Waals surface area contributed by atoms with Crippen molar-refractivity contribution in [2.24, 2.45) is 0 Å². The molecule has 1 aromatic heterocycles. The van der Waals surface area contributed by atoms with Crippen LogP contribution in [0, 0.1) is 0 Å². The molecule has 0 aliphatic carbocycles. The summed E-state index contributed by atoms with van der Waals surface area (Å²) in [6.45, 7) is 5.37. The van der Waals surface area contributed by atoms with Gasteiger partial charge in [0.2, 0.25) is 6.79 Å². The topological polar surface area (TPSA) is 82.5 Å². The number of nitrogens with zero attached hydrogens (tertiary/aromatic N) is 3. The second-order valence-electron chi connectivity index (χ2n) is 11.2. The lowest BCUT2D eigenvalue weighted by atomic mass is 9.92. The molecule has 4 aliphatic rings. The quantitative estimate of drug-likeness (QED) is 0.440. The van der Waals surface area contributed by atoms with Gasteiger partial charge < -0.3 is 28.4 Å². The number of hydrogen-bond donors (Lipinski definition) is 0. The number of carbonyl (C=O) groups is 2. The van der Waals surface area contributed by atoms with E-state index < -0.39 is 0 Å². The lowest BCUT2D eigenvalue weighted by molar-refractivity contribution is 0.0193. The molecule has 0 spiro atoms. The minimum Gasteiger partial charge on any atom is -0.465 e. The summed E-state index contributed by atoms with van der Waals surface area (Å²) < 4.78 is 24.4. The van der Waals surface area contributed by atoms with Gasteiger partial charge in [-0.15, -0.1) is 0 Å². The lowest BCUT2D eigenvalue weighted by Gasteiger charge is -2.40. The van der Waals surface area contributed by atoms with Crippen molar-refractivity contribution < 1.29 is 28.5 Å². The average molecular weight is 558 g/mol. The summed E-state index contributed by atoms with van der Waals surface area (Å²) in [7, 11) is 1.41. The number of morpholine rings is 1. The summed E-state index contributed by atoms with van der Waals surface area (Å²) in [6.07, 6.45) is 3.61. The molecule has 41 heavy (non-hydrogen) atoms.